The lowest BCUT2D eigenvalue weighted by Gasteiger charge is -2.64. The van der Waals surface area contributed by atoms with Gasteiger partial charge in [-0.1, -0.05) is 41.5 Å². The first kappa shape index (κ1) is 50.4. The minimum atomic E-state index is -6.02. The molecule has 1 aromatic heterocycles. The standard InChI is InChI=1S/C47H57N4O16P3/c1-25(2)12-11-19-45(8)20-18-29-38(62-45)28(16-15-26(3)4)39-34(40(29)64-69(58,59)67-70(60,61)66-68(55,56)57)36-35-37(51-32-14-10-9-13-31(32)49-43(51)50-36)30-24-33-44(6,7)65-46(41(30)53,47(33,35)63-39)21-17-27(5)42(54)48-22-23-52/h9-10,12-15,17-18,20,30,33,35,37,52H,11,16,19,21-24H2,1-8H3,(H,48,54)(H,58,59)(H,60,61)(H2,55,56,57). The van der Waals surface area contributed by atoms with Crippen molar-refractivity contribution in [2.24, 2.45) is 22.7 Å². The summed E-state index contributed by atoms with van der Waals surface area (Å²) in [7, 11) is -17.7. The van der Waals surface area contributed by atoms with Crippen molar-refractivity contribution >= 4 is 63.9 Å². The number of para-hydroxylation sites is 2. The van der Waals surface area contributed by atoms with Gasteiger partial charge in [-0.25, -0.2) is 23.7 Å². The number of amides is 1. The summed E-state index contributed by atoms with van der Waals surface area (Å²) in [4.78, 5) is 80.0. The van der Waals surface area contributed by atoms with Crippen molar-refractivity contribution in [3.8, 4) is 17.2 Å². The Hall–Kier alpha value is -4.55. The van der Waals surface area contributed by atoms with Crippen molar-refractivity contribution in [1.29, 1.82) is 0 Å². The first-order valence-corrected chi connectivity index (χ1v) is 27.5. The number of benzene rings is 2. The Balaban J connectivity index is 1.37. The third-order valence-electron chi connectivity index (χ3n) is 14.2. The highest BCUT2D eigenvalue weighted by atomic mass is 31.3. The van der Waals surface area contributed by atoms with Gasteiger partial charge in [0.1, 0.15) is 17.1 Å². The molecular formula is C47H57N4O16P3. The van der Waals surface area contributed by atoms with Crippen molar-refractivity contribution < 1.29 is 75.3 Å². The van der Waals surface area contributed by atoms with Crippen molar-refractivity contribution in [2.45, 2.75) is 116 Å². The normalized spacial score (nSPS) is 29.2. The molecule has 9 atom stereocenters. The van der Waals surface area contributed by atoms with Gasteiger partial charge >= 0.3 is 23.5 Å². The highest BCUT2D eigenvalue weighted by Crippen LogP contribution is 2.75. The molecule has 4 fully saturated rings. The molecule has 23 heteroatoms. The fraction of sp³-hybridized carbons (Fsp3) is 0.489. The summed E-state index contributed by atoms with van der Waals surface area (Å²) in [5, 5.41) is 12.1. The van der Waals surface area contributed by atoms with Crippen LogP contribution in [0, 0.1) is 17.8 Å². The number of fused-ring (bicyclic) bond motifs is 6. The Morgan fingerprint density at radius 1 is 0.957 bits per heavy atom. The van der Waals surface area contributed by atoms with E-state index < -0.39 is 81.3 Å². The second kappa shape index (κ2) is 17.3. The topological polar surface area (TPSA) is 284 Å². The molecule has 9 unspecified atom stereocenters. The van der Waals surface area contributed by atoms with E-state index in [-0.39, 0.29) is 71.6 Å². The quantitative estimate of drug-likeness (QED) is 0.0453. The van der Waals surface area contributed by atoms with E-state index in [1.165, 1.54) is 0 Å². The summed E-state index contributed by atoms with van der Waals surface area (Å²) < 4.78 is 77.0. The maximum absolute atomic E-state index is 15.9. The number of phosphoric acid groups is 3. The lowest BCUT2D eigenvalue weighted by Crippen LogP contribution is -2.79. The maximum atomic E-state index is 15.9. The monoisotopic (exact) mass is 1030 g/mol. The summed E-state index contributed by atoms with van der Waals surface area (Å²) in [6, 6.07) is 6.59. The van der Waals surface area contributed by atoms with E-state index in [4.69, 9.17) is 28.7 Å². The highest BCUT2D eigenvalue weighted by molar-refractivity contribution is 7.66. The molecule has 3 aromatic rings. The van der Waals surface area contributed by atoms with E-state index >= 15 is 4.79 Å². The number of nitrogens with zero attached hydrogens (tertiary/aromatic N) is 3. The van der Waals surface area contributed by atoms with Crippen LogP contribution in [0.4, 0.5) is 5.95 Å². The Kier molecular flexibility index (Phi) is 12.5. The number of phosphoric ester groups is 1. The predicted molar refractivity (Wildman–Crippen MR) is 256 cm³/mol. The summed E-state index contributed by atoms with van der Waals surface area (Å²) in [6.07, 6.45) is 10.4. The molecule has 3 aliphatic carbocycles. The summed E-state index contributed by atoms with van der Waals surface area (Å²) >= 11 is 0. The number of carbonyl (C=O) groups is 2. The Labute approximate surface area is 403 Å². The largest absolute Gasteiger partial charge is 0.536 e. The van der Waals surface area contributed by atoms with Crippen LogP contribution in [-0.2, 0) is 43.1 Å². The number of nitrogens with one attached hydrogen (secondary N) is 1. The molecule has 3 saturated carbocycles. The molecule has 376 valence electrons. The first-order valence-electron chi connectivity index (χ1n) is 22.9. The van der Waals surface area contributed by atoms with Crippen LogP contribution in [0.15, 0.2) is 70.3 Å². The molecule has 5 heterocycles. The number of hydrogen-bond acceptors (Lipinski definition) is 14. The number of aliphatic hydroxyl groups is 1. The summed E-state index contributed by atoms with van der Waals surface area (Å²) in [5.41, 5.74) is -1.27. The van der Waals surface area contributed by atoms with Crippen LogP contribution in [0.1, 0.15) is 104 Å². The summed E-state index contributed by atoms with van der Waals surface area (Å²) in [6.45, 7) is 14.7. The SMILES string of the molecule is CC(C)=CCCC1(C)C=Cc2c(c(CC=C(C)C)c3c(c2OP(=O)(O)OP(=O)(O)OP(=O)(O)O)C2=Nc4nc5ccccc5n4C4C5CC6C(C)(C)OC(CC=C(C)C(=O)NCCO)(C5=O)C6(O3)C24)O1. The van der Waals surface area contributed by atoms with Gasteiger partial charge in [-0.15, -0.1) is 0 Å². The van der Waals surface area contributed by atoms with E-state index in [1.54, 1.807) is 25.2 Å². The van der Waals surface area contributed by atoms with Crippen molar-refractivity contribution in [3.63, 3.8) is 0 Å². The number of imidazole rings is 1. The molecule has 1 spiro atoms. The lowest BCUT2D eigenvalue weighted by molar-refractivity contribution is -0.206. The second-order valence-corrected chi connectivity index (χ2v) is 24.3. The molecule has 4 aliphatic heterocycles. The lowest BCUT2D eigenvalue weighted by atomic mass is 9.44. The van der Waals surface area contributed by atoms with E-state index in [1.807, 2.05) is 83.4 Å². The van der Waals surface area contributed by atoms with Gasteiger partial charge in [0.25, 0.3) is 0 Å². The Bertz CT molecular complexity index is 3050. The van der Waals surface area contributed by atoms with Crippen LogP contribution >= 0.6 is 23.5 Å². The average molecular weight is 1030 g/mol. The van der Waals surface area contributed by atoms with Gasteiger partial charge in [0.05, 0.1) is 52.0 Å². The molecule has 7 aliphatic rings. The molecule has 1 amide bonds. The Morgan fingerprint density at radius 2 is 1.67 bits per heavy atom. The number of carbonyl (C=O) groups excluding carboxylic acids is 2. The second-order valence-electron chi connectivity index (χ2n) is 20.0. The van der Waals surface area contributed by atoms with Crippen LogP contribution < -0.4 is 19.3 Å². The first-order chi connectivity index (χ1) is 32.7. The van der Waals surface area contributed by atoms with E-state index in [0.717, 1.165) is 11.1 Å². The molecule has 70 heavy (non-hydrogen) atoms. The van der Waals surface area contributed by atoms with Crippen LogP contribution in [0.3, 0.4) is 0 Å². The fourth-order valence-corrected chi connectivity index (χ4v) is 14.6. The highest BCUT2D eigenvalue weighted by Gasteiger charge is 2.86. The number of aliphatic imine (C=N–C) groups is 1. The molecule has 4 bridgehead atoms. The minimum Gasteiger partial charge on any atom is -0.482 e. The molecule has 6 N–H and O–H groups in total. The van der Waals surface area contributed by atoms with E-state index in [9.17, 15) is 43.2 Å². The van der Waals surface area contributed by atoms with Crippen molar-refractivity contribution in [3.05, 3.63) is 82.0 Å². The van der Waals surface area contributed by atoms with Crippen LogP contribution in [0.2, 0.25) is 0 Å². The number of ketones is 1. The van der Waals surface area contributed by atoms with Gasteiger partial charge in [0.15, 0.2) is 22.7 Å². The molecule has 10 rings (SSSR count). The number of aliphatic hydroxyl groups excluding tert-OH is 1. The number of Topliss-reactive ketones (excluding diaryl/α,β-unsaturated/α-hetero) is 1. The third-order valence-corrected chi connectivity index (χ3v) is 17.9. The minimum absolute atomic E-state index is 0.000226. The van der Waals surface area contributed by atoms with Crippen molar-refractivity contribution in [2.75, 3.05) is 13.2 Å². The third kappa shape index (κ3) is 8.32. The van der Waals surface area contributed by atoms with E-state index in [2.05, 4.69) is 20.0 Å². The van der Waals surface area contributed by atoms with Gasteiger partial charge in [-0.05, 0) is 105 Å². The van der Waals surface area contributed by atoms with Gasteiger partial charge in [-0.3, -0.25) is 14.5 Å². The van der Waals surface area contributed by atoms with E-state index in [0.29, 0.717) is 35.9 Å². The molecule has 20 nitrogen and oxygen atoms in total. The van der Waals surface area contributed by atoms with Crippen LogP contribution in [0.25, 0.3) is 17.1 Å². The zero-order chi connectivity index (χ0) is 50.7. The average Bonchev–Trinajstić information content (AvgIpc) is 3.68. The Morgan fingerprint density at radius 3 is 2.36 bits per heavy atom. The molecule has 2 aromatic carbocycles. The number of hydrogen-bond donors (Lipinski definition) is 6. The predicted octanol–water partition coefficient (Wildman–Crippen LogP) is 7.80. The maximum Gasteiger partial charge on any atom is 0.536 e. The van der Waals surface area contributed by atoms with Crippen molar-refractivity contribution in [1.82, 2.24) is 14.9 Å². The number of allylic oxidation sites excluding steroid dienone is 4. The van der Waals surface area contributed by atoms with Gasteiger partial charge in [-0.2, -0.15) is 8.62 Å². The van der Waals surface area contributed by atoms with Gasteiger partial charge < -0.3 is 48.4 Å². The fourth-order valence-electron chi connectivity index (χ4n) is 11.6. The smallest absolute Gasteiger partial charge is 0.482 e. The van der Waals surface area contributed by atoms with Gasteiger partial charge in [0, 0.05) is 35.9 Å². The zero-order valence-corrected chi connectivity index (χ0v) is 42.5. The van der Waals surface area contributed by atoms with Crippen LogP contribution in [-0.4, -0.2) is 87.2 Å². The number of aromatic nitrogens is 2. The molecule has 1 saturated heterocycles. The number of rotatable bonds is 16. The zero-order valence-electron chi connectivity index (χ0n) is 39.9. The molecular weight excluding hydrogens is 969 g/mol. The number of ether oxygens (including phenoxy) is 3. The summed E-state index contributed by atoms with van der Waals surface area (Å²) in [5.74, 6) is -3.07. The van der Waals surface area contributed by atoms with Gasteiger partial charge in [0.2, 0.25) is 11.9 Å². The van der Waals surface area contributed by atoms with Crippen LogP contribution in [0.5, 0.6) is 17.2 Å². The molecule has 0 radical (unpaired) electrons.